The molecule has 7 aromatic rings. The van der Waals surface area contributed by atoms with E-state index in [-0.39, 0.29) is 13.3 Å². The lowest BCUT2D eigenvalue weighted by molar-refractivity contribution is 0.359. The first-order chi connectivity index (χ1) is 29.8. The zero-order valence-corrected chi connectivity index (χ0v) is 34.5. The number of rotatable bonds is 6. The zero-order chi connectivity index (χ0) is 41.1. The van der Waals surface area contributed by atoms with Crippen molar-refractivity contribution < 1.29 is 9.47 Å². The zero-order valence-electron chi connectivity index (χ0n) is 34.5. The average molecular weight is 795 g/mol. The Morgan fingerprint density at radius 1 is 0.557 bits per heavy atom. The van der Waals surface area contributed by atoms with Gasteiger partial charge < -0.3 is 9.47 Å². The van der Waals surface area contributed by atoms with E-state index in [1.165, 1.54) is 60.9 Å². The van der Waals surface area contributed by atoms with Crippen LogP contribution in [0.25, 0.3) is 27.5 Å². The van der Waals surface area contributed by atoms with Gasteiger partial charge in [-0.15, -0.1) is 13.2 Å². The molecule has 11 rings (SSSR count). The summed E-state index contributed by atoms with van der Waals surface area (Å²) in [5.74, 6) is 3.12. The maximum atomic E-state index is 7.36. The summed E-state index contributed by atoms with van der Waals surface area (Å²) in [4.78, 5) is 0. The molecule has 2 heteroatoms. The van der Waals surface area contributed by atoms with Gasteiger partial charge in [-0.2, -0.15) is 0 Å². The van der Waals surface area contributed by atoms with Gasteiger partial charge in [-0.05, 0) is 93.1 Å². The van der Waals surface area contributed by atoms with E-state index in [0.717, 1.165) is 59.8 Å². The minimum atomic E-state index is -0.442. The van der Waals surface area contributed by atoms with Crippen molar-refractivity contribution in [3.05, 3.63) is 246 Å². The first-order valence-corrected chi connectivity index (χ1v) is 21.4. The lowest BCUT2D eigenvalue weighted by Crippen LogP contribution is -2.30. The molecule has 61 heavy (non-hydrogen) atoms. The maximum Gasteiger partial charge on any atom is 0.178 e. The molecule has 0 fully saturated rings. The number of fused-ring (bicyclic) bond motifs is 7. The van der Waals surface area contributed by atoms with Crippen LogP contribution in [0.15, 0.2) is 212 Å². The highest BCUT2D eigenvalue weighted by molar-refractivity contribution is 5.93. The lowest BCUT2D eigenvalue weighted by atomic mass is 9.65. The lowest BCUT2D eigenvalue weighted by Gasteiger charge is -2.37. The normalized spacial score (nSPS) is 16.9. The minimum Gasteiger partial charge on any atom is -0.449 e. The van der Waals surface area contributed by atoms with Crippen LogP contribution < -0.4 is 9.47 Å². The van der Waals surface area contributed by atoms with Crippen LogP contribution in [0.3, 0.4) is 0 Å². The third-order valence-electron chi connectivity index (χ3n) is 12.3. The van der Waals surface area contributed by atoms with Crippen molar-refractivity contribution in [2.45, 2.75) is 58.3 Å². The summed E-state index contributed by atoms with van der Waals surface area (Å²) in [6, 6.07) is 57.3. The van der Waals surface area contributed by atoms with Gasteiger partial charge in [0.1, 0.15) is 0 Å². The fraction of sp³-hybridized carbons (Fsp3) is 0.153. The highest BCUT2D eigenvalue weighted by atomic mass is 16.6. The monoisotopic (exact) mass is 794 g/mol. The van der Waals surface area contributed by atoms with Gasteiger partial charge in [0.25, 0.3) is 0 Å². The molecule has 4 aliphatic rings. The number of ether oxygens (including phenoxy) is 2. The number of allylic oxidation sites excluding steroid dienone is 8. The van der Waals surface area contributed by atoms with Gasteiger partial charge in [-0.25, -0.2) is 0 Å². The molecule has 0 spiro atoms. The van der Waals surface area contributed by atoms with Crippen molar-refractivity contribution in [2.24, 2.45) is 0 Å². The summed E-state index contributed by atoms with van der Waals surface area (Å²) >= 11 is 0. The van der Waals surface area contributed by atoms with Gasteiger partial charge in [0, 0.05) is 17.0 Å². The second-order valence-corrected chi connectivity index (χ2v) is 15.3. The molecule has 2 unspecified atom stereocenters. The molecule has 2 nitrogen and oxygen atoms in total. The van der Waals surface area contributed by atoms with Crippen LogP contribution in [-0.2, 0) is 5.41 Å². The van der Waals surface area contributed by atoms with E-state index in [1.807, 2.05) is 19.9 Å². The Labute approximate surface area is 362 Å². The molecule has 302 valence electrons. The second kappa shape index (κ2) is 17.8. The van der Waals surface area contributed by atoms with E-state index >= 15 is 0 Å². The third kappa shape index (κ3) is 6.87. The molecule has 0 bridgehead atoms. The Morgan fingerprint density at radius 2 is 1.25 bits per heavy atom. The molecule has 1 aliphatic heterocycles. The van der Waals surface area contributed by atoms with Crippen LogP contribution >= 0.6 is 0 Å². The van der Waals surface area contributed by atoms with Crippen molar-refractivity contribution in [3.8, 4) is 34.1 Å². The van der Waals surface area contributed by atoms with Gasteiger partial charge in [-0.1, -0.05) is 203 Å². The Morgan fingerprint density at radius 3 is 2.03 bits per heavy atom. The van der Waals surface area contributed by atoms with Crippen molar-refractivity contribution >= 4 is 16.3 Å². The Hall–Kier alpha value is -6.90. The van der Waals surface area contributed by atoms with Gasteiger partial charge >= 0.3 is 0 Å². The van der Waals surface area contributed by atoms with E-state index in [0.29, 0.717) is 0 Å². The fourth-order valence-corrected chi connectivity index (χ4v) is 9.93. The number of hydrogen-bond donors (Lipinski definition) is 0. The van der Waals surface area contributed by atoms with Gasteiger partial charge in [0.05, 0.1) is 5.41 Å². The van der Waals surface area contributed by atoms with Gasteiger partial charge in [0.2, 0.25) is 0 Å². The number of hydrogen-bond acceptors (Lipinski definition) is 2. The maximum absolute atomic E-state index is 7.36. The van der Waals surface area contributed by atoms with Gasteiger partial charge in [-0.3, -0.25) is 0 Å². The van der Waals surface area contributed by atoms with Crippen LogP contribution in [0.1, 0.15) is 86.3 Å². The molecule has 0 saturated heterocycles. The molecule has 0 N–H and O–H groups in total. The van der Waals surface area contributed by atoms with E-state index in [4.69, 9.17) is 9.47 Å². The molecule has 0 amide bonds. The Balaban J connectivity index is 0.000001000. The van der Waals surface area contributed by atoms with Crippen molar-refractivity contribution in [3.63, 3.8) is 0 Å². The van der Waals surface area contributed by atoms with Crippen LogP contribution in [0.2, 0.25) is 0 Å². The molecule has 0 saturated carbocycles. The summed E-state index contributed by atoms with van der Waals surface area (Å²) in [7, 11) is 0. The summed E-state index contributed by atoms with van der Waals surface area (Å²) in [6.45, 7) is 10.0. The smallest absolute Gasteiger partial charge is 0.178 e. The van der Waals surface area contributed by atoms with E-state index < -0.39 is 5.41 Å². The largest absolute Gasteiger partial charge is 0.449 e. The summed E-state index contributed by atoms with van der Waals surface area (Å²) < 4.78 is 14.2. The topological polar surface area (TPSA) is 18.5 Å². The first kappa shape index (κ1) is 40.9. The molecule has 3 aliphatic carbocycles. The predicted octanol–water partition coefficient (Wildman–Crippen LogP) is 16.7. The number of benzene rings is 7. The Kier molecular flexibility index (Phi) is 11.9. The summed E-state index contributed by atoms with van der Waals surface area (Å²) in [6.07, 6.45) is 15.4. The molecular formula is C59H54O2. The standard InChI is InChI=1S/C54H40O2.C2H6.C2H4.CH4/c1-4-18-37(19-5-1)50(39-32-31-36-17-10-11-20-38(36)35-39)43-26-13-12-25-42(43)44-28-16-30-48-52(44)56-53-49(55-48)34-33-47-51(53)45-27-14-15-29-46(45)54(47,40-21-6-2-7-22-40)41-23-8-3-9-24-41;2*1-2;/h1-8,10-11,13-23,26-35,50H,9,12,24-25H2;1-2H3;1-2H2;1H4. The SMILES string of the molecule is C.C1=CCCC(C2(c3ccccc3)c3ccccc3-c3c2ccc2c3Oc3c(cccc3C3=C(C(c4ccccc4)c4ccc5ccccc5c4)C=CCC3)O2)=C1.C=C.CC. The second-order valence-electron chi connectivity index (χ2n) is 15.3. The molecular weight excluding hydrogens is 741 g/mol. The third-order valence-corrected chi connectivity index (χ3v) is 12.3. The molecule has 0 aromatic heterocycles. The quantitative estimate of drug-likeness (QED) is 0.156. The Bertz CT molecular complexity index is 2820. The highest BCUT2D eigenvalue weighted by Crippen LogP contribution is 2.63. The predicted molar refractivity (Wildman–Crippen MR) is 258 cm³/mol. The number of para-hydroxylation sites is 1. The molecule has 0 radical (unpaired) electrons. The summed E-state index contributed by atoms with van der Waals surface area (Å²) in [5.41, 5.74) is 13.3. The van der Waals surface area contributed by atoms with Crippen LogP contribution in [0.5, 0.6) is 23.0 Å². The highest BCUT2D eigenvalue weighted by Gasteiger charge is 2.49. The molecule has 7 aromatic carbocycles. The average Bonchev–Trinajstić information content (AvgIpc) is 3.65. The summed E-state index contributed by atoms with van der Waals surface area (Å²) in [5, 5.41) is 2.50. The van der Waals surface area contributed by atoms with Crippen molar-refractivity contribution in [1.82, 2.24) is 0 Å². The van der Waals surface area contributed by atoms with E-state index in [9.17, 15) is 0 Å². The van der Waals surface area contributed by atoms with E-state index in [1.54, 1.807) is 0 Å². The molecule has 1 heterocycles. The minimum absolute atomic E-state index is 0. The van der Waals surface area contributed by atoms with Crippen LogP contribution in [0.4, 0.5) is 0 Å². The van der Waals surface area contributed by atoms with Gasteiger partial charge in [0.15, 0.2) is 23.0 Å². The first-order valence-electron chi connectivity index (χ1n) is 21.4. The van der Waals surface area contributed by atoms with Crippen molar-refractivity contribution in [1.29, 1.82) is 0 Å². The fourth-order valence-electron chi connectivity index (χ4n) is 9.93. The van der Waals surface area contributed by atoms with Crippen LogP contribution in [-0.4, -0.2) is 0 Å². The molecule has 2 atom stereocenters. The van der Waals surface area contributed by atoms with Crippen molar-refractivity contribution in [2.75, 3.05) is 0 Å². The van der Waals surface area contributed by atoms with E-state index in [2.05, 4.69) is 195 Å². The van der Waals surface area contributed by atoms with Crippen LogP contribution in [0, 0.1) is 0 Å².